The topological polar surface area (TPSA) is 69.6 Å². The van der Waals surface area contributed by atoms with Crippen LogP contribution in [0.15, 0.2) is 27.1 Å². The van der Waals surface area contributed by atoms with Crippen LogP contribution in [0.3, 0.4) is 0 Å². The lowest BCUT2D eigenvalue weighted by atomic mass is 9.91. The van der Waals surface area contributed by atoms with Gasteiger partial charge in [0.2, 0.25) is 0 Å². The molecule has 5 nitrogen and oxygen atoms in total. The molecule has 1 aromatic rings. The van der Waals surface area contributed by atoms with Gasteiger partial charge in [0, 0.05) is 15.5 Å². The van der Waals surface area contributed by atoms with Gasteiger partial charge < -0.3 is 15.3 Å². The number of carboxylic acids is 1. The van der Waals surface area contributed by atoms with Crippen molar-refractivity contribution in [2.75, 3.05) is 11.9 Å². The summed E-state index contributed by atoms with van der Waals surface area (Å²) in [4.78, 5) is 25.3. The largest absolute Gasteiger partial charge is 0.480 e. The van der Waals surface area contributed by atoms with Crippen molar-refractivity contribution in [1.29, 1.82) is 0 Å². The number of halogens is 2. The monoisotopic (exact) mass is 418 g/mol. The molecule has 0 bridgehead atoms. The third-order valence-electron chi connectivity index (χ3n) is 3.64. The van der Waals surface area contributed by atoms with Crippen molar-refractivity contribution in [3.05, 3.63) is 27.1 Å². The Balaban J connectivity index is 2.20. The molecular weight excluding hydrogens is 404 g/mol. The van der Waals surface area contributed by atoms with Gasteiger partial charge in [0.1, 0.15) is 6.04 Å². The molecule has 1 fully saturated rings. The van der Waals surface area contributed by atoms with Gasteiger partial charge in [-0.05, 0) is 62.8 Å². The highest BCUT2D eigenvalue weighted by Gasteiger charge is 2.37. The lowest BCUT2D eigenvalue weighted by Crippen LogP contribution is -2.53. The number of likely N-dealkylation sites (tertiary alicyclic amines) is 1. The molecular formula is C14H16Br2N2O3. The van der Waals surface area contributed by atoms with Crippen LogP contribution >= 0.6 is 31.9 Å². The van der Waals surface area contributed by atoms with Gasteiger partial charge in [-0.2, -0.15) is 0 Å². The van der Waals surface area contributed by atoms with Crippen LogP contribution < -0.4 is 5.32 Å². The molecule has 7 heteroatoms. The molecule has 0 aliphatic carbocycles. The van der Waals surface area contributed by atoms with Crippen molar-refractivity contribution < 1.29 is 14.7 Å². The summed E-state index contributed by atoms with van der Waals surface area (Å²) in [5.41, 5.74) is 0.602. The SMILES string of the molecule is CC1CCCN(C(=O)Nc2c(Br)cccc2Br)C1C(=O)O. The molecule has 0 radical (unpaired) electrons. The number of nitrogens with one attached hydrogen (secondary N) is 1. The summed E-state index contributed by atoms with van der Waals surface area (Å²) in [5, 5.41) is 12.1. The molecule has 1 aliphatic heterocycles. The van der Waals surface area contributed by atoms with E-state index in [1.165, 1.54) is 4.90 Å². The highest BCUT2D eigenvalue weighted by Crippen LogP contribution is 2.32. The van der Waals surface area contributed by atoms with Crippen LogP contribution in [0.5, 0.6) is 0 Å². The van der Waals surface area contributed by atoms with Gasteiger partial charge >= 0.3 is 12.0 Å². The maximum absolute atomic E-state index is 12.4. The number of carbonyl (C=O) groups is 2. The van der Waals surface area contributed by atoms with Crippen molar-refractivity contribution >= 4 is 49.5 Å². The Morgan fingerprint density at radius 2 is 1.95 bits per heavy atom. The molecule has 0 saturated carbocycles. The fourth-order valence-corrected chi connectivity index (χ4v) is 3.78. The first-order valence-corrected chi connectivity index (χ1v) is 8.25. The Morgan fingerprint density at radius 1 is 1.33 bits per heavy atom. The second-order valence-corrected chi connectivity index (χ2v) is 6.83. The smallest absolute Gasteiger partial charge is 0.326 e. The molecule has 2 unspecified atom stereocenters. The Hall–Kier alpha value is -1.08. The summed E-state index contributed by atoms with van der Waals surface area (Å²) in [6, 6.07) is 4.30. The number of carboxylic acid groups (broad SMARTS) is 1. The van der Waals surface area contributed by atoms with E-state index in [2.05, 4.69) is 37.2 Å². The normalized spacial score (nSPS) is 22.0. The average Bonchev–Trinajstić information content (AvgIpc) is 2.42. The highest BCUT2D eigenvalue weighted by atomic mass is 79.9. The quantitative estimate of drug-likeness (QED) is 0.762. The van der Waals surface area contributed by atoms with Crippen molar-refractivity contribution in [3.8, 4) is 0 Å². The predicted octanol–water partition coefficient (Wildman–Crippen LogP) is 3.93. The lowest BCUT2D eigenvalue weighted by Gasteiger charge is -2.37. The number of piperidine rings is 1. The van der Waals surface area contributed by atoms with Gasteiger partial charge in [0.15, 0.2) is 0 Å². The van der Waals surface area contributed by atoms with Crippen LogP contribution in [0.25, 0.3) is 0 Å². The summed E-state index contributed by atoms with van der Waals surface area (Å²) in [6.45, 7) is 2.32. The van der Waals surface area contributed by atoms with E-state index in [9.17, 15) is 14.7 Å². The lowest BCUT2D eigenvalue weighted by molar-refractivity contribution is -0.145. The zero-order chi connectivity index (χ0) is 15.6. The fraction of sp³-hybridized carbons (Fsp3) is 0.429. The first-order valence-electron chi connectivity index (χ1n) is 6.66. The number of rotatable bonds is 2. The molecule has 1 aromatic carbocycles. The summed E-state index contributed by atoms with van der Waals surface area (Å²) >= 11 is 6.75. The third-order valence-corrected chi connectivity index (χ3v) is 4.96. The van der Waals surface area contributed by atoms with Gasteiger partial charge in [-0.3, -0.25) is 0 Å². The highest BCUT2D eigenvalue weighted by molar-refractivity contribution is 9.11. The molecule has 0 aromatic heterocycles. The molecule has 21 heavy (non-hydrogen) atoms. The Kier molecular flexibility index (Phi) is 5.27. The number of benzene rings is 1. The standard InChI is InChI=1S/C14H16Br2N2O3/c1-8-4-3-7-18(12(8)13(19)20)14(21)17-11-9(15)5-2-6-10(11)16/h2,5-6,8,12H,3-4,7H2,1H3,(H,17,21)(H,19,20). The number of para-hydroxylation sites is 1. The molecule has 2 rings (SSSR count). The third kappa shape index (κ3) is 3.58. The minimum atomic E-state index is -0.955. The second kappa shape index (κ2) is 6.79. The van der Waals surface area contributed by atoms with Crippen molar-refractivity contribution in [2.24, 2.45) is 5.92 Å². The van der Waals surface area contributed by atoms with Gasteiger partial charge in [0.25, 0.3) is 0 Å². The Bertz CT molecular complexity index is 545. The van der Waals surface area contributed by atoms with E-state index in [0.29, 0.717) is 12.2 Å². The van der Waals surface area contributed by atoms with Crippen LogP contribution in [0, 0.1) is 5.92 Å². The van der Waals surface area contributed by atoms with Gasteiger partial charge in [-0.1, -0.05) is 13.0 Å². The van der Waals surface area contributed by atoms with Crippen molar-refractivity contribution in [2.45, 2.75) is 25.8 Å². The molecule has 114 valence electrons. The number of amides is 2. The number of aliphatic carboxylic acids is 1. The zero-order valence-corrected chi connectivity index (χ0v) is 14.6. The molecule has 1 heterocycles. The maximum Gasteiger partial charge on any atom is 0.326 e. The van der Waals surface area contributed by atoms with E-state index in [1.54, 1.807) is 0 Å². The molecule has 0 spiro atoms. The van der Waals surface area contributed by atoms with Crippen LogP contribution in [0.2, 0.25) is 0 Å². The van der Waals surface area contributed by atoms with E-state index in [4.69, 9.17) is 0 Å². The van der Waals surface area contributed by atoms with E-state index in [-0.39, 0.29) is 11.9 Å². The van der Waals surface area contributed by atoms with Gasteiger partial charge in [-0.25, -0.2) is 9.59 Å². The van der Waals surface area contributed by atoms with Crippen molar-refractivity contribution in [1.82, 2.24) is 4.90 Å². The van der Waals surface area contributed by atoms with Crippen molar-refractivity contribution in [3.63, 3.8) is 0 Å². The van der Waals surface area contributed by atoms with E-state index >= 15 is 0 Å². The molecule has 1 saturated heterocycles. The fourth-order valence-electron chi connectivity index (χ4n) is 2.59. The number of urea groups is 1. The number of nitrogens with zero attached hydrogens (tertiary/aromatic N) is 1. The summed E-state index contributed by atoms with van der Waals surface area (Å²) in [7, 11) is 0. The molecule has 2 atom stereocenters. The number of anilines is 1. The summed E-state index contributed by atoms with van der Waals surface area (Å²) in [5.74, 6) is -1.01. The predicted molar refractivity (Wildman–Crippen MR) is 87.4 cm³/mol. The van der Waals surface area contributed by atoms with Crippen LogP contribution in [0.1, 0.15) is 19.8 Å². The zero-order valence-electron chi connectivity index (χ0n) is 11.5. The van der Waals surface area contributed by atoms with Crippen LogP contribution in [0.4, 0.5) is 10.5 Å². The summed E-state index contributed by atoms with van der Waals surface area (Å²) in [6.07, 6.45) is 1.63. The van der Waals surface area contributed by atoms with E-state index in [1.807, 2.05) is 25.1 Å². The molecule has 2 N–H and O–H groups in total. The first kappa shape index (κ1) is 16.3. The second-order valence-electron chi connectivity index (χ2n) is 5.12. The number of carbonyl (C=O) groups excluding carboxylic acids is 1. The average molecular weight is 420 g/mol. The number of hydrogen-bond donors (Lipinski definition) is 2. The minimum absolute atomic E-state index is 0.0512. The van der Waals surface area contributed by atoms with Crippen LogP contribution in [-0.2, 0) is 4.79 Å². The Labute approximate surface area is 140 Å². The first-order chi connectivity index (χ1) is 9.91. The Morgan fingerprint density at radius 3 is 2.52 bits per heavy atom. The maximum atomic E-state index is 12.4. The van der Waals surface area contributed by atoms with E-state index in [0.717, 1.165) is 21.8 Å². The molecule has 2 amide bonds. The minimum Gasteiger partial charge on any atom is -0.480 e. The summed E-state index contributed by atoms with van der Waals surface area (Å²) < 4.78 is 1.48. The van der Waals surface area contributed by atoms with Crippen LogP contribution in [-0.4, -0.2) is 34.6 Å². The van der Waals surface area contributed by atoms with Gasteiger partial charge in [0.05, 0.1) is 5.69 Å². The van der Waals surface area contributed by atoms with Gasteiger partial charge in [-0.15, -0.1) is 0 Å². The number of hydrogen-bond acceptors (Lipinski definition) is 2. The van der Waals surface area contributed by atoms with E-state index < -0.39 is 12.0 Å². The molecule has 1 aliphatic rings.